The lowest BCUT2D eigenvalue weighted by Crippen LogP contribution is -2.47. The first-order valence-electron chi connectivity index (χ1n) is 20.1. The highest BCUT2D eigenvalue weighted by Gasteiger charge is 2.34. The summed E-state index contributed by atoms with van der Waals surface area (Å²) in [5.41, 5.74) is 3.62. The fourth-order valence-corrected chi connectivity index (χ4v) is 9.14. The second kappa shape index (κ2) is 16.1. The van der Waals surface area contributed by atoms with Gasteiger partial charge in [0.25, 0.3) is 0 Å². The zero-order chi connectivity index (χ0) is 37.2. The molecule has 10 nitrogen and oxygen atoms in total. The lowest BCUT2D eigenvalue weighted by Gasteiger charge is -2.41. The lowest BCUT2D eigenvalue weighted by atomic mass is 9.82. The molecular weight excluding hydrogens is 689 g/mol. The van der Waals surface area contributed by atoms with Gasteiger partial charge in [-0.25, -0.2) is 18.7 Å². The Bertz CT molecular complexity index is 1850. The van der Waals surface area contributed by atoms with Crippen molar-refractivity contribution in [2.75, 3.05) is 23.7 Å². The van der Waals surface area contributed by atoms with Crippen molar-refractivity contribution in [3.8, 4) is 11.3 Å². The first-order chi connectivity index (χ1) is 26.3. The van der Waals surface area contributed by atoms with Crippen molar-refractivity contribution >= 4 is 29.4 Å². The topological polar surface area (TPSA) is 128 Å². The molecule has 0 spiro atoms. The fourth-order valence-electron chi connectivity index (χ4n) is 9.14. The number of carbonyl (C=O) groups is 3. The third-order valence-corrected chi connectivity index (χ3v) is 12.5. The average Bonchev–Trinajstić information content (AvgIpc) is 4.04. The van der Waals surface area contributed by atoms with Crippen LogP contribution in [0.2, 0.25) is 0 Å². The van der Waals surface area contributed by atoms with E-state index < -0.39 is 11.9 Å². The number of rotatable bonds is 10. The Morgan fingerprint density at radius 2 is 1.54 bits per heavy atom. The third-order valence-electron chi connectivity index (χ3n) is 12.5. The molecule has 1 aromatic heterocycles. The Kier molecular flexibility index (Phi) is 10.9. The molecule has 1 atom stereocenters. The summed E-state index contributed by atoms with van der Waals surface area (Å²) in [5.74, 6) is 0.0657. The molecule has 1 unspecified atom stereocenters. The molecule has 2 aliphatic heterocycles. The number of piperidine rings is 2. The van der Waals surface area contributed by atoms with Gasteiger partial charge in [0.1, 0.15) is 17.6 Å². The van der Waals surface area contributed by atoms with E-state index in [0.29, 0.717) is 35.7 Å². The number of carbonyl (C=O) groups excluding carboxylic acids is 3. The fraction of sp³-hybridized carbons (Fsp3) is 0.548. The first kappa shape index (κ1) is 36.5. The molecule has 0 radical (unpaired) electrons. The largest absolute Gasteiger partial charge is 0.374 e. The third kappa shape index (κ3) is 8.59. The standard InChI is InChI=1S/C42H51F2N7O3/c43-35-23-32(46-37-16-17-38(52)49-41(37)54)12-15-34(35)26-18-20-51(21-19-26)33-13-6-27(7-14-33)40(53)47-30-8-10-31(11-9-30)48-42-45-24-36(44)39(50-42)29-3-1-2-28(22-29)25-4-5-25/h1-3,12,15,22-27,30-31,33,37,46H,4-11,13-14,16-21H2,(H,47,53)(H,45,48,50)(H,49,52,54). The summed E-state index contributed by atoms with van der Waals surface area (Å²) < 4.78 is 30.0. The molecule has 2 aromatic carbocycles. The zero-order valence-corrected chi connectivity index (χ0v) is 30.8. The van der Waals surface area contributed by atoms with Gasteiger partial charge in [-0.15, -0.1) is 0 Å². The Balaban J connectivity index is 0.748. The van der Waals surface area contributed by atoms with E-state index in [4.69, 9.17) is 0 Å². The van der Waals surface area contributed by atoms with Gasteiger partial charge in [-0.1, -0.05) is 24.3 Å². The summed E-state index contributed by atoms with van der Waals surface area (Å²) in [7, 11) is 0. The zero-order valence-electron chi connectivity index (χ0n) is 30.8. The maximum absolute atomic E-state index is 15.2. The minimum absolute atomic E-state index is 0.0421. The van der Waals surface area contributed by atoms with Crippen LogP contribution in [0.15, 0.2) is 48.7 Å². The summed E-state index contributed by atoms with van der Waals surface area (Å²) in [5, 5.41) is 12.2. The van der Waals surface area contributed by atoms with Crippen molar-refractivity contribution in [1.29, 1.82) is 0 Å². The van der Waals surface area contributed by atoms with Crippen molar-refractivity contribution in [2.45, 2.75) is 126 Å². The number of aromatic nitrogens is 2. The van der Waals surface area contributed by atoms with Crippen molar-refractivity contribution in [2.24, 2.45) is 5.92 Å². The number of likely N-dealkylation sites (tertiary alicyclic amines) is 1. The van der Waals surface area contributed by atoms with Crippen LogP contribution in [0.3, 0.4) is 0 Å². The Morgan fingerprint density at radius 3 is 2.26 bits per heavy atom. The van der Waals surface area contributed by atoms with E-state index in [2.05, 4.69) is 48.3 Å². The smallest absolute Gasteiger partial charge is 0.249 e. The van der Waals surface area contributed by atoms with E-state index in [-0.39, 0.29) is 53.9 Å². The van der Waals surface area contributed by atoms with Crippen molar-refractivity contribution < 1.29 is 23.2 Å². The summed E-state index contributed by atoms with van der Waals surface area (Å²) in [6, 6.07) is 13.4. The van der Waals surface area contributed by atoms with Crippen LogP contribution in [0.1, 0.15) is 113 Å². The van der Waals surface area contributed by atoms with E-state index in [0.717, 1.165) is 88.4 Å². The SMILES string of the molecule is O=C1CCC(Nc2ccc(C3CCN(C4CCC(C(=O)NC5CCC(Nc6ncc(F)c(-c7cccc(C8CC8)c7)n6)CC5)CC4)CC3)c(F)c2)C(=O)N1. The Hall–Kier alpha value is -4.45. The van der Waals surface area contributed by atoms with Crippen LogP contribution in [0.4, 0.5) is 20.4 Å². The van der Waals surface area contributed by atoms with E-state index in [9.17, 15) is 18.8 Å². The van der Waals surface area contributed by atoms with Gasteiger partial charge in [0.2, 0.25) is 23.7 Å². The first-order valence-corrected chi connectivity index (χ1v) is 20.1. The van der Waals surface area contributed by atoms with Gasteiger partial charge in [0.05, 0.1) is 6.20 Å². The van der Waals surface area contributed by atoms with Gasteiger partial charge in [-0.2, -0.15) is 0 Å². The lowest BCUT2D eigenvalue weighted by molar-refractivity contribution is -0.133. The minimum Gasteiger partial charge on any atom is -0.374 e. The van der Waals surface area contributed by atoms with Crippen LogP contribution < -0.4 is 21.3 Å². The molecule has 4 N–H and O–H groups in total. The van der Waals surface area contributed by atoms with E-state index in [1.165, 1.54) is 30.7 Å². The second-order valence-electron chi connectivity index (χ2n) is 16.2. The molecule has 12 heteroatoms. The van der Waals surface area contributed by atoms with Crippen LogP contribution in [0, 0.1) is 17.6 Å². The number of halogens is 2. The highest BCUT2D eigenvalue weighted by molar-refractivity contribution is 6.01. The van der Waals surface area contributed by atoms with Gasteiger partial charge in [0.15, 0.2) is 5.82 Å². The monoisotopic (exact) mass is 739 g/mol. The predicted octanol–water partition coefficient (Wildman–Crippen LogP) is 6.79. The second-order valence-corrected chi connectivity index (χ2v) is 16.2. The van der Waals surface area contributed by atoms with Crippen LogP contribution >= 0.6 is 0 Å². The predicted molar refractivity (Wildman–Crippen MR) is 203 cm³/mol. The van der Waals surface area contributed by atoms with Gasteiger partial charge in [-0.05, 0) is 138 Å². The summed E-state index contributed by atoms with van der Waals surface area (Å²) >= 11 is 0. The molecule has 3 aliphatic carbocycles. The van der Waals surface area contributed by atoms with Gasteiger partial charge < -0.3 is 20.9 Å². The van der Waals surface area contributed by atoms with Gasteiger partial charge >= 0.3 is 0 Å². The maximum Gasteiger partial charge on any atom is 0.249 e. The summed E-state index contributed by atoms with van der Waals surface area (Å²) in [6.07, 6.45) is 13.4. The van der Waals surface area contributed by atoms with Crippen LogP contribution in [-0.4, -0.2) is 69.8 Å². The molecule has 54 heavy (non-hydrogen) atoms. The van der Waals surface area contributed by atoms with Crippen LogP contribution in [0.25, 0.3) is 11.3 Å². The molecule has 0 bridgehead atoms. The average molecular weight is 740 g/mol. The number of nitrogens with one attached hydrogen (secondary N) is 4. The molecular formula is C42H51F2N7O3. The van der Waals surface area contributed by atoms with E-state index in [1.807, 2.05) is 24.3 Å². The quantitative estimate of drug-likeness (QED) is 0.168. The summed E-state index contributed by atoms with van der Waals surface area (Å²) in [4.78, 5) is 48.2. The molecule has 2 saturated heterocycles. The van der Waals surface area contributed by atoms with Crippen molar-refractivity contribution in [1.82, 2.24) is 25.5 Å². The molecule has 3 amide bonds. The number of hydrogen-bond donors (Lipinski definition) is 4. The number of hydrogen-bond acceptors (Lipinski definition) is 8. The number of imide groups is 1. The van der Waals surface area contributed by atoms with E-state index in [1.54, 1.807) is 0 Å². The van der Waals surface area contributed by atoms with Crippen LogP contribution in [-0.2, 0) is 14.4 Å². The molecule has 8 rings (SSSR count). The molecule has 3 aromatic rings. The number of nitrogens with zero attached hydrogens (tertiary/aromatic N) is 3. The molecule has 3 heterocycles. The molecule has 3 saturated carbocycles. The number of anilines is 2. The number of amides is 3. The molecule has 286 valence electrons. The maximum atomic E-state index is 15.2. The summed E-state index contributed by atoms with van der Waals surface area (Å²) in [6.45, 7) is 1.83. The molecule has 5 aliphatic rings. The molecule has 5 fully saturated rings. The van der Waals surface area contributed by atoms with Crippen LogP contribution in [0.5, 0.6) is 0 Å². The van der Waals surface area contributed by atoms with Gasteiger partial charge in [-0.3, -0.25) is 19.7 Å². The van der Waals surface area contributed by atoms with E-state index >= 15 is 4.39 Å². The Morgan fingerprint density at radius 1 is 0.778 bits per heavy atom. The van der Waals surface area contributed by atoms with Gasteiger partial charge in [0, 0.05) is 41.7 Å². The highest BCUT2D eigenvalue weighted by atomic mass is 19.1. The number of benzene rings is 2. The minimum atomic E-state index is -0.541. The van der Waals surface area contributed by atoms with Crippen molar-refractivity contribution in [3.63, 3.8) is 0 Å². The normalized spacial score (nSPS) is 26.9. The van der Waals surface area contributed by atoms with Crippen molar-refractivity contribution in [3.05, 3.63) is 71.4 Å². The highest BCUT2D eigenvalue weighted by Crippen LogP contribution is 2.41. The Labute approximate surface area is 315 Å².